The summed E-state index contributed by atoms with van der Waals surface area (Å²) in [7, 11) is 1.34. The Kier molecular flexibility index (Phi) is 5.89. The van der Waals surface area contributed by atoms with Gasteiger partial charge >= 0.3 is 12.0 Å². The number of esters is 1. The molecule has 0 saturated carbocycles. The van der Waals surface area contributed by atoms with Crippen molar-refractivity contribution in [2.75, 3.05) is 13.7 Å². The molecule has 0 fully saturated rings. The zero-order chi connectivity index (χ0) is 15.0. The van der Waals surface area contributed by atoms with E-state index in [4.69, 9.17) is 0 Å². The molecule has 0 radical (unpaired) electrons. The molecule has 0 aliphatic carbocycles. The molecular weight excluding hydrogens is 267 g/mol. The summed E-state index contributed by atoms with van der Waals surface area (Å²) in [5.41, 5.74) is 0.483. The Balaban J connectivity index is 2.40. The van der Waals surface area contributed by atoms with E-state index in [1.807, 2.05) is 5.32 Å². The van der Waals surface area contributed by atoms with Gasteiger partial charge in [0.1, 0.15) is 5.82 Å². The minimum atomic E-state index is -0.777. The summed E-state index contributed by atoms with van der Waals surface area (Å²) < 4.78 is 17.4. The van der Waals surface area contributed by atoms with Crippen LogP contribution in [0, 0.1) is 5.82 Å². The van der Waals surface area contributed by atoms with Crippen molar-refractivity contribution in [2.24, 2.45) is 0 Å². The molecule has 0 atom stereocenters. The van der Waals surface area contributed by atoms with Crippen molar-refractivity contribution >= 4 is 24.0 Å². The average molecular weight is 280 g/mol. The number of hydrogen-bond acceptors (Lipinski definition) is 4. The number of imide groups is 1. The van der Waals surface area contributed by atoms with Crippen LogP contribution < -0.4 is 10.6 Å². The molecule has 1 aromatic rings. The van der Waals surface area contributed by atoms with Gasteiger partial charge in [-0.3, -0.25) is 10.1 Å². The Hall–Kier alpha value is -2.70. The van der Waals surface area contributed by atoms with Gasteiger partial charge in [-0.25, -0.2) is 14.0 Å². The number of halogens is 1. The first kappa shape index (κ1) is 15.4. The SMILES string of the molecule is CNC(=O)NC(=O)COC(=O)/C=C/c1cccc(F)c1. The van der Waals surface area contributed by atoms with Gasteiger partial charge in [0, 0.05) is 13.1 Å². The number of amides is 3. The number of urea groups is 1. The summed E-state index contributed by atoms with van der Waals surface area (Å²) in [4.78, 5) is 33.2. The predicted molar refractivity (Wildman–Crippen MR) is 69.0 cm³/mol. The Morgan fingerprint density at radius 1 is 1.35 bits per heavy atom. The number of nitrogens with one attached hydrogen (secondary N) is 2. The largest absolute Gasteiger partial charge is 0.452 e. The highest BCUT2D eigenvalue weighted by molar-refractivity contribution is 5.96. The maximum atomic E-state index is 12.9. The molecule has 0 aliphatic heterocycles. The summed E-state index contributed by atoms with van der Waals surface area (Å²) in [6, 6.07) is 4.92. The van der Waals surface area contributed by atoms with Gasteiger partial charge in [0.05, 0.1) is 0 Å². The van der Waals surface area contributed by atoms with E-state index < -0.39 is 30.3 Å². The zero-order valence-electron chi connectivity index (χ0n) is 10.7. The summed E-state index contributed by atoms with van der Waals surface area (Å²) in [5.74, 6) is -1.95. The van der Waals surface area contributed by atoms with Crippen LogP contribution in [-0.2, 0) is 14.3 Å². The molecule has 1 aromatic carbocycles. The lowest BCUT2D eigenvalue weighted by atomic mass is 10.2. The van der Waals surface area contributed by atoms with E-state index in [-0.39, 0.29) is 0 Å². The molecule has 106 valence electrons. The summed E-state index contributed by atoms with van der Waals surface area (Å²) in [6.45, 7) is -0.584. The van der Waals surface area contributed by atoms with Gasteiger partial charge in [0.25, 0.3) is 5.91 Å². The monoisotopic (exact) mass is 280 g/mol. The van der Waals surface area contributed by atoms with Gasteiger partial charge in [0.15, 0.2) is 6.61 Å². The first-order valence-electron chi connectivity index (χ1n) is 5.63. The minimum Gasteiger partial charge on any atom is -0.452 e. The predicted octanol–water partition coefficient (Wildman–Crippen LogP) is 0.838. The molecular formula is C13H13FN2O4. The molecule has 2 N–H and O–H groups in total. The highest BCUT2D eigenvalue weighted by Crippen LogP contribution is 2.05. The van der Waals surface area contributed by atoms with Crippen LogP contribution in [0.15, 0.2) is 30.3 Å². The number of carbonyl (C=O) groups is 3. The standard InChI is InChI=1S/C13H13FN2O4/c1-15-13(19)16-11(17)8-20-12(18)6-5-9-3-2-4-10(14)7-9/h2-7H,8H2,1H3,(H2,15,16,17,19)/b6-5+. The average Bonchev–Trinajstić information content (AvgIpc) is 2.42. The van der Waals surface area contributed by atoms with Crippen LogP contribution in [0.5, 0.6) is 0 Å². The molecule has 3 amide bonds. The summed E-state index contributed by atoms with van der Waals surface area (Å²) in [5, 5.41) is 4.10. The van der Waals surface area contributed by atoms with Crippen molar-refractivity contribution in [2.45, 2.75) is 0 Å². The Morgan fingerprint density at radius 3 is 2.75 bits per heavy atom. The third-order valence-electron chi connectivity index (χ3n) is 2.09. The van der Waals surface area contributed by atoms with Gasteiger partial charge < -0.3 is 10.1 Å². The van der Waals surface area contributed by atoms with Crippen LogP contribution in [0.4, 0.5) is 9.18 Å². The third kappa shape index (κ3) is 5.76. The molecule has 0 saturated heterocycles. The molecule has 0 bridgehead atoms. The van der Waals surface area contributed by atoms with Gasteiger partial charge in [-0.05, 0) is 23.8 Å². The molecule has 0 unspecified atom stereocenters. The Bertz CT molecular complexity index is 543. The van der Waals surface area contributed by atoms with E-state index in [1.54, 1.807) is 6.07 Å². The second-order valence-electron chi connectivity index (χ2n) is 3.62. The van der Waals surface area contributed by atoms with Crippen molar-refractivity contribution in [1.82, 2.24) is 10.6 Å². The van der Waals surface area contributed by atoms with E-state index in [9.17, 15) is 18.8 Å². The molecule has 0 heterocycles. The maximum Gasteiger partial charge on any atom is 0.331 e. The van der Waals surface area contributed by atoms with Crippen LogP contribution >= 0.6 is 0 Å². The zero-order valence-corrected chi connectivity index (χ0v) is 10.7. The fourth-order valence-electron chi connectivity index (χ4n) is 1.18. The van der Waals surface area contributed by atoms with E-state index in [0.29, 0.717) is 5.56 Å². The van der Waals surface area contributed by atoms with E-state index >= 15 is 0 Å². The lowest BCUT2D eigenvalue weighted by Crippen LogP contribution is -2.39. The fourth-order valence-corrected chi connectivity index (χ4v) is 1.18. The van der Waals surface area contributed by atoms with Crippen molar-refractivity contribution in [3.05, 3.63) is 41.7 Å². The second-order valence-corrected chi connectivity index (χ2v) is 3.62. The highest BCUT2D eigenvalue weighted by Gasteiger charge is 2.07. The Labute approximate surface area is 114 Å². The molecule has 0 aliphatic rings. The first-order valence-corrected chi connectivity index (χ1v) is 5.63. The number of benzene rings is 1. The number of hydrogen-bond donors (Lipinski definition) is 2. The van der Waals surface area contributed by atoms with E-state index in [2.05, 4.69) is 10.1 Å². The molecule has 20 heavy (non-hydrogen) atoms. The second kappa shape index (κ2) is 7.67. The molecule has 0 aromatic heterocycles. The Morgan fingerprint density at radius 2 is 2.10 bits per heavy atom. The topological polar surface area (TPSA) is 84.5 Å². The first-order chi connectivity index (χ1) is 9.51. The van der Waals surface area contributed by atoms with Gasteiger partial charge in [-0.2, -0.15) is 0 Å². The van der Waals surface area contributed by atoms with Crippen molar-refractivity contribution < 1.29 is 23.5 Å². The summed E-state index contributed by atoms with van der Waals surface area (Å²) in [6.07, 6.45) is 2.41. The smallest absolute Gasteiger partial charge is 0.331 e. The maximum absolute atomic E-state index is 12.9. The number of ether oxygens (including phenoxy) is 1. The number of carbonyl (C=O) groups excluding carboxylic acids is 3. The van der Waals surface area contributed by atoms with Crippen molar-refractivity contribution in [3.8, 4) is 0 Å². The minimum absolute atomic E-state index is 0.425. The normalized spacial score (nSPS) is 10.1. The van der Waals surface area contributed by atoms with Crippen LogP contribution in [0.3, 0.4) is 0 Å². The van der Waals surface area contributed by atoms with Gasteiger partial charge in [0.2, 0.25) is 0 Å². The van der Waals surface area contributed by atoms with Crippen LogP contribution in [-0.4, -0.2) is 31.6 Å². The molecule has 1 rings (SSSR count). The van der Waals surface area contributed by atoms with Crippen LogP contribution in [0.2, 0.25) is 0 Å². The van der Waals surface area contributed by atoms with Crippen LogP contribution in [0.25, 0.3) is 6.08 Å². The lowest BCUT2D eigenvalue weighted by molar-refractivity contribution is -0.143. The van der Waals surface area contributed by atoms with E-state index in [0.717, 1.165) is 6.08 Å². The highest BCUT2D eigenvalue weighted by atomic mass is 19.1. The lowest BCUT2D eigenvalue weighted by Gasteiger charge is -2.03. The van der Waals surface area contributed by atoms with Crippen LogP contribution in [0.1, 0.15) is 5.56 Å². The molecule has 0 spiro atoms. The van der Waals surface area contributed by atoms with Crippen molar-refractivity contribution in [1.29, 1.82) is 0 Å². The molecule has 6 nitrogen and oxygen atoms in total. The quantitative estimate of drug-likeness (QED) is 0.632. The van der Waals surface area contributed by atoms with Crippen molar-refractivity contribution in [3.63, 3.8) is 0 Å². The van der Waals surface area contributed by atoms with Gasteiger partial charge in [-0.1, -0.05) is 12.1 Å². The number of rotatable bonds is 4. The third-order valence-corrected chi connectivity index (χ3v) is 2.09. The van der Waals surface area contributed by atoms with Gasteiger partial charge in [-0.15, -0.1) is 0 Å². The van der Waals surface area contributed by atoms with E-state index in [1.165, 1.54) is 31.3 Å². The summed E-state index contributed by atoms with van der Waals surface area (Å²) >= 11 is 0. The molecule has 7 heteroatoms. The fraction of sp³-hybridized carbons (Fsp3) is 0.154.